The Morgan fingerprint density at radius 2 is 2.21 bits per heavy atom. The molecule has 2 atom stereocenters. The van der Waals surface area contributed by atoms with Crippen molar-refractivity contribution in [3.05, 3.63) is 12.7 Å². The molecule has 0 aromatic carbocycles. The van der Waals surface area contributed by atoms with Crippen LogP contribution in [-0.4, -0.2) is 30.3 Å². The zero-order valence-electron chi connectivity index (χ0n) is 9.49. The minimum Gasteiger partial charge on any atom is -0.296 e. The van der Waals surface area contributed by atoms with E-state index in [1.807, 2.05) is 7.05 Å². The van der Waals surface area contributed by atoms with Gasteiger partial charge in [-0.3, -0.25) is 9.69 Å². The van der Waals surface area contributed by atoms with Gasteiger partial charge in [0.1, 0.15) is 0 Å². The number of nitrogens with zero attached hydrogens (tertiary/aromatic N) is 1. The second-order valence-corrected chi connectivity index (χ2v) is 4.58. The fourth-order valence-corrected chi connectivity index (χ4v) is 2.45. The van der Waals surface area contributed by atoms with E-state index in [2.05, 4.69) is 25.3 Å². The molecule has 0 aliphatic carbocycles. The van der Waals surface area contributed by atoms with E-state index in [0.717, 1.165) is 6.54 Å². The van der Waals surface area contributed by atoms with Gasteiger partial charge in [-0.1, -0.05) is 20.4 Å². The van der Waals surface area contributed by atoms with Crippen LogP contribution < -0.4 is 0 Å². The second kappa shape index (κ2) is 4.74. The number of carbonyl (C=O) groups is 1. The quantitative estimate of drug-likeness (QED) is 0.643. The summed E-state index contributed by atoms with van der Waals surface area (Å²) < 4.78 is 0. The van der Waals surface area contributed by atoms with Crippen molar-refractivity contribution in [2.24, 2.45) is 11.8 Å². The van der Waals surface area contributed by atoms with E-state index in [-0.39, 0.29) is 11.8 Å². The Balaban J connectivity index is 2.80. The standard InChI is InChI=1S/C12H21NO/c1-5-11(14)12-10(9(2)3)7-6-8-13(12)4/h5,9-10,12H,1,6-8H2,2-4H3. The monoisotopic (exact) mass is 195 g/mol. The van der Waals surface area contributed by atoms with E-state index in [0.29, 0.717) is 11.8 Å². The van der Waals surface area contributed by atoms with Crippen LogP contribution in [0.25, 0.3) is 0 Å². The Morgan fingerprint density at radius 1 is 1.57 bits per heavy atom. The first-order chi connectivity index (χ1) is 6.57. The van der Waals surface area contributed by atoms with E-state index in [4.69, 9.17) is 0 Å². The highest BCUT2D eigenvalue weighted by Gasteiger charge is 2.34. The fourth-order valence-electron chi connectivity index (χ4n) is 2.45. The molecule has 0 aromatic rings. The first-order valence-electron chi connectivity index (χ1n) is 5.44. The molecular formula is C12H21NO. The minimum atomic E-state index is 0.0706. The minimum absolute atomic E-state index is 0.0706. The lowest BCUT2D eigenvalue weighted by Gasteiger charge is -2.39. The molecule has 0 N–H and O–H groups in total. The number of hydrogen-bond donors (Lipinski definition) is 0. The number of likely N-dealkylation sites (N-methyl/N-ethyl adjacent to an activating group) is 1. The van der Waals surface area contributed by atoms with Crippen molar-refractivity contribution in [3.8, 4) is 0 Å². The van der Waals surface area contributed by atoms with Crippen LogP contribution in [0.2, 0.25) is 0 Å². The fraction of sp³-hybridized carbons (Fsp3) is 0.750. The molecule has 1 rings (SSSR count). The average molecular weight is 195 g/mol. The average Bonchev–Trinajstić information content (AvgIpc) is 2.16. The molecule has 2 nitrogen and oxygen atoms in total. The Bertz CT molecular complexity index is 222. The van der Waals surface area contributed by atoms with Gasteiger partial charge in [-0.15, -0.1) is 0 Å². The van der Waals surface area contributed by atoms with Gasteiger partial charge in [0.2, 0.25) is 0 Å². The number of likely N-dealkylation sites (tertiary alicyclic amines) is 1. The smallest absolute Gasteiger partial charge is 0.172 e. The molecule has 0 aromatic heterocycles. The van der Waals surface area contributed by atoms with Gasteiger partial charge in [-0.25, -0.2) is 0 Å². The maximum Gasteiger partial charge on any atom is 0.172 e. The number of carbonyl (C=O) groups excluding carboxylic acids is 1. The lowest BCUT2D eigenvalue weighted by Crippen LogP contribution is -2.48. The Morgan fingerprint density at radius 3 is 2.71 bits per heavy atom. The van der Waals surface area contributed by atoms with Crippen LogP contribution >= 0.6 is 0 Å². The summed E-state index contributed by atoms with van der Waals surface area (Å²) in [7, 11) is 2.04. The molecule has 1 heterocycles. The molecule has 2 heteroatoms. The SMILES string of the molecule is C=CC(=O)C1C(C(C)C)CCCN1C. The number of rotatable bonds is 3. The number of hydrogen-bond acceptors (Lipinski definition) is 2. The highest BCUT2D eigenvalue weighted by molar-refractivity contribution is 5.94. The van der Waals surface area contributed by atoms with Crippen LogP contribution in [0.4, 0.5) is 0 Å². The molecule has 0 bridgehead atoms. The summed E-state index contributed by atoms with van der Waals surface area (Å²) in [6, 6.07) is 0.0706. The highest BCUT2D eigenvalue weighted by atomic mass is 16.1. The Kier molecular flexibility index (Phi) is 3.87. The zero-order valence-corrected chi connectivity index (χ0v) is 9.49. The summed E-state index contributed by atoms with van der Waals surface area (Å²) in [5.41, 5.74) is 0. The van der Waals surface area contributed by atoms with Gasteiger partial charge in [-0.2, -0.15) is 0 Å². The normalized spacial score (nSPS) is 29.1. The molecule has 0 amide bonds. The summed E-state index contributed by atoms with van der Waals surface area (Å²) in [5, 5.41) is 0. The molecule has 1 saturated heterocycles. The molecule has 1 fully saturated rings. The van der Waals surface area contributed by atoms with Gasteiger partial charge in [0.15, 0.2) is 5.78 Å². The van der Waals surface area contributed by atoms with E-state index < -0.39 is 0 Å². The molecule has 80 valence electrons. The topological polar surface area (TPSA) is 20.3 Å². The van der Waals surface area contributed by atoms with Crippen molar-refractivity contribution in [1.82, 2.24) is 4.90 Å². The van der Waals surface area contributed by atoms with Crippen molar-refractivity contribution in [2.75, 3.05) is 13.6 Å². The van der Waals surface area contributed by atoms with Crippen molar-refractivity contribution in [1.29, 1.82) is 0 Å². The van der Waals surface area contributed by atoms with Gasteiger partial charge >= 0.3 is 0 Å². The maximum atomic E-state index is 11.7. The Labute approximate surface area is 87.0 Å². The van der Waals surface area contributed by atoms with Crippen LogP contribution in [0.1, 0.15) is 26.7 Å². The van der Waals surface area contributed by atoms with Gasteiger partial charge in [0.25, 0.3) is 0 Å². The highest BCUT2D eigenvalue weighted by Crippen LogP contribution is 2.29. The zero-order chi connectivity index (χ0) is 10.7. The van der Waals surface area contributed by atoms with E-state index in [9.17, 15) is 4.79 Å². The van der Waals surface area contributed by atoms with Gasteiger partial charge in [0, 0.05) is 0 Å². The molecule has 0 spiro atoms. The van der Waals surface area contributed by atoms with E-state index >= 15 is 0 Å². The summed E-state index contributed by atoms with van der Waals surface area (Å²) in [5.74, 6) is 1.26. The van der Waals surface area contributed by atoms with E-state index in [1.165, 1.54) is 18.9 Å². The van der Waals surface area contributed by atoms with Crippen molar-refractivity contribution < 1.29 is 4.79 Å². The molecule has 1 aliphatic heterocycles. The van der Waals surface area contributed by atoms with Crippen molar-refractivity contribution in [3.63, 3.8) is 0 Å². The van der Waals surface area contributed by atoms with Crippen LogP contribution in [0, 0.1) is 11.8 Å². The molecule has 2 unspecified atom stereocenters. The third kappa shape index (κ3) is 2.24. The van der Waals surface area contributed by atoms with Gasteiger partial charge in [0.05, 0.1) is 6.04 Å². The van der Waals surface area contributed by atoms with Crippen molar-refractivity contribution in [2.45, 2.75) is 32.7 Å². The predicted molar refractivity (Wildman–Crippen MR) is 59.2 cm³/mol. The van der Waals surface area contributed by atoms with Crippen molar-refractivity contribution >= 4 is 5.78 Å². The molecule has 14 heavy (non-hydrogen) atoms. The first-order valence-corrected chi connectivity index (χ1v) is 5.44. The van der Waals surface area contributed by atoms with Crippen LogP contribution in [0.5, 0.6) is 0 Å². The van der Waals surface area contributed by atoms with Gasteiger partial charge < -0.3 is 0 Å². The number of ketones is 1. The summed E-state index contributed by atoms with van der Waals surface area (Å²) >= 11 is 0. The van der Waals surface area contributed by atoms with Crippen LogP contribution in [0.3, 0.4) is 0 Å². The first kappa shape index (κ1) is 11.4. The number of piperidine rings is 1. The van der Waals surface area contributed by atoms with Crippen LogP contribution in [0.15, 0.2) is 12.7 Å². The lowest BCUT2D eigenvalue weighted by atomic mass is 9.79. The summed E-state index contributed by atoms with van der Waals surface area (Å²) in [4.78, 5) is 13.9. The van der Waals surface area contributed by atoms with E-state index in [1.54, 1.807) is 0 Å². The maximum absolute atomic E-state index is 11.7. The van der Waals surface area contributed by atoms with Crippen LogP contribution in [-0.2, 0) is 4.79 Å². The summed E-state index contributed by atoms with van der Waals surface area (Å²) in [6.45, 7) is 9.03. The molecule has 1 aliphatic rings. The lowest BCUT2D eigenvalue weighted by molar-refractivity contribution is -0.123. The molecule has 0 radical (unpaired) electrons. The predicted octanol–water partition coefficient (Wildman–Crippen LogP) is 2.11. The third-order valence-corrected chi connectivity index (χ3v) is 3.28. The summed E-state index contributed by atoms with van der Waals surface area (Å²) in [6.07, 6.45) is 3.86. The largest absolute Gasteiger partial charge is 0.296 e. The third-order valence-electron chi connectivity index (χ3n) is 3.28. The molecular weight excluding hydrogens is 174 g/mol. The Hall–Kier alpha value is -0.630. The van der Waals surface area contributed by atoms with Gasteiger partial charge in [-0.05, 0) is 44.3 Å². The second-order valence-electron chi connectivity index (χ2n) is 4.58. The molecule has 0 saturated carbocycles.